The van der Waals surface area contributed by atoms with Gasteiger partial charge in [0.2, 0.25) is 5.91 Å². The summed E-state index contributed by atoms with van der Waals surface area (Å²) in [5.74, 6) is 0.405. The lowest BCUT2D eigenvalue weighted by atomic mass is 10.1. The van der Waals surface area contributed by atoms with Crippen molar-refractivity contribution in [3.05, 3.63) is 0 Å². The number of rotatable bonds is 2. The first kappa shape index (κ1) is 14.5. The minimum Gasteiger partial charge on any atom is -0.370 e. The molecule has 0 aromatic carbocycles. The second-order valence-corrected chi connectivity index (χ2v) is 6.28. The van der Waals surface area contributed by atoms with Gasteiger partial charge in [-0.2, -0.15) is 0 Å². The van der Waals surface area contributed by atoms with Crippen molar-refractivity contribution < 1.29 is 14.3 Å². The molecule has 0 saturated carbocycles. The smallest absolute Gasteiger partial charge is 0.236 e. The van der Waals surface area contributed by atoms with Gasteiger partial charge in [0.25, 0.3) is 0 Å². The van der Waals surface area contributed by atoms with Crippen LogP contribution in [-0.4, -0.2) is 65.9 Å². The Balaban J connectivity index is 1.86. The molecule has 0 aromatic rings. The lowest BCUT2D eigenvalue weighted by molar-refractivity contribution is -0.146. The zero-order valence-electron chi connectivity index (χ0n) is 12.1. The molecular formula is C14H24N2O3. The van der Waals surface area contributed by atoms with E-state index in [-0.39, 0.29) is 23.4 Å². The Hall–Kier alpha value is -0.940. The van der Waals surface area contributed by atoms with Crippen molar-refractivity contribution in [1.29, 1.82) is 0 Å². The zero-order valence-corrected chi connectivity index (χ0v) is 12.1. The van der Waals surface area contributed by atoms with Crippen LogP contribution in [0.5, 0.6) is 0 Å². The number of morpholine rings is 1. The van der Waals surface area contributed by atoms with Crippen molar-refractivity contribution in [2.75, 3.05) is 32.7 Å². The van der Waals surface area contributed by atoms with Crippen molar-refractivity contribution in [2.45, 2.75) is 45.3 Å². The third-order valence-corrected chi connectivity index (χ3v) is 3.67. The van der Waals surface area contributed by atoms with Crippen LogP contribution in [0.15, 0.2) is 0 Å². The van der Waals surface area contributed by atoms with Crippen molar-refractivity contribution in [3.8, 4) is 0 Å². The van der Waals surface area contributed by atoms with E-state index < -0.39 is 0 Å². The molecule has 2 fully saturated rings. The van der Waals surface area contributed by atoms with E-state index in [0.717, 1.165) is 13.1 Å². The molecule has 19 heavy (non-hydrogen) atoms. The van der Waals surface area contributed by atoms with Gasteiger partial charge in [-0.15, -0.1) is 0 Å². The number of carbonyl (C=O) groups is 2. The van der Waals surface area contributed by atoms with E-state index in [9.17, 15) is 9.59 Å². The Morgan fingerprint density at radius 1 is 1.37 bits per heavy atom. The summed E-state index contributed by atoms with van der Waals surface area (Å²) in [7, 11) is 0. The second kappa shape index (κ2) is 5.59. The highest BCUT2D eigenvalue weighted by atomic mass is 16.5. The molecule has 0 spiro atoms. The first-order valence-electron chi connectivity index (χ1n) is 7.05. The summed E-state index contributed by atoms with van der Waals surface area (Å²) < 4.78 is 5.83. The number of carbonyl (C=O) groups excluding carboxylic acids is 2. The summed E-state index contributed by atoms with van der Waals surface area (Å²) in [6, 6.07) is 0. The van der Waals surface area contributed by atoms with Crippen LogP contribution in [0.2, 0.25) is 0 Å². The summed E-state index contributed by atoms with van der Waals surface area (Å²) in [4.78, 5) is 27.4. The summed E-state index contributed by atoms with van der Waals surface area (Å²) in [6.07, 6.45) is 1.17. The van der Waals surface area contributed by atoms with Crippen LogP contribution in [0.25, 0.3) is 0 Å². The van der Waals surface area contributed by atoms with Gasteiger partial charge in [0.05, 0.1) is 18.2 Å². The number of likely N-dealkylation sites (tertiary alicyclic amines) is 1. The van der Waals surface area contributed by atoms with Gasteiger partial charge in [-0.25, -0.2) is 0 Å². The number of nitrogens with zero attached hydrogens (tertiary/aromatic N) is 2. The van der Waals surface area contributed by atoms with Crippen molar-refractivity contribution in [1.82, 2.24) is 9.80 Å². The Morgan fingerprint density at radius 3 is 2.58 bits per heavy atom. The molecule has 108 valence electrons. The van der Waals surface area contributed by atoms with Crippen LogP contribution in [-0.2, 0) is 14.3 Å². The standard InChI is InChI=1S/C14H24N2O3/c1-11-8-15(10-14(2,3)19-11)9-13(18)16-6-4-12(17)5-7-16/h11H,4-10H2,1-3H3. The van der Waals surface area contributed by atoms with Crippen LogP contribution < -0.4 is 0 Å². The van der Waals surface area contributed by atoms with Crippen LogP contribution >= 0.6 is 0 Å². The lowest BCUT2D eigenvalue weighted by Gasteiger charge is -2.42. The topological polar surface area (TPSA) is 49.9 Å². The summed E-state index contributed by atoms with van der Waals surface area (Å²) >= 11 is 0. The van der Waals surface area contributed by atoms with Gasteiger partial charge in [-0.1, -0.05) is 0 Å². The van der Waals surface area contributed by atoms with Crippen LogP contribution in [0.1, 0.15) is 33.6 Å². The number of hydrogen-bond donors (Lipinski definition) is 0. The van der Waals surface area contributed by atoms with Crippen molar-refractivity contribution in [2.24, 2.45) is 0 Å². The van der Waals surface area contributed by atoms with Crippen LogP contribution in [0.3, 0.4) is 0 Å². The number of ketones is 1. The summed E-state index contributed by atoms with van der Waals surface area (Å²) in [6.45, 7) is 9.32. The van der Waals surface area contributed by atoms with E-state index in [0.29, 0.717) is 32.5 Å². The van der Waals surface area contributed by atoms with Gasteiger partial charge < -0.3 is 9.64 Å². The molecule has 5 heteroatoms. The number of hydrogen-bond acceptors (Lipinski definition) is 4. The summed E-state index contributed by atoms with van der Waals surface area (Å²) in [5.41, 5.74) is -0.199. The maximum atomic E-state index is 12.2. The quantitative estimate of drug-likeness (QED) is 0.739. The highest BCUT2D eigenvalue weighted by molar-refractivity contribution is 5.84. The molecule has 2 aliphatic rings. The third kappa shape index (κ3) is 4.01. The first-order valence-corrected chi connectivity index (χ1v) is 7.05. The monoisotopic (exact) mass is 268 g/mol. The average Bonchev–Trinajstić information content (AvgIpc) is 2.26. The fourth-order valence-electron chi connectivity index (χ4n) is 3.00. The van der Waals surface area contributed by atoms with E-state index in [1.807, 2.05) is 11.8 Å². The van der Waals surface area contributed by atoms with Crippen LogP contribution in [0.4, 0.5) is 0 Å². The molecule has 1 amide bonds. The fourth-order valence-corrected chi connectivity index (χ4v) is 3.00. The minimum absolute atomic E-state index is 0.136. The normalized spacial score (nSPS) is 28.5. The maximum Gasteiger partial charge on any atom is 0.236 e. The minimum atomic E-state index is -0.199. The molecular weight excluding hydrogens is 244 g/mol. The average molecular weight is 268 g/mol. The molecule has 2 heterocycles. The fraction of sp³-hybridized carbons (Fsp3) is 0.857. The van der Waals surface area contributed by atoms with E-state index >= 15 is 0 Å². The first-order chi connectivity index (χ1) is 8.85. The molecule has 0 N–H and O–H groups in total. The van der Waals surface area contributed by atoms with Gasteiger partial charge >= 0.3 is 0 Å². The van der Waals surface area contributed by atoms with Gasteiger partial charge in [0.15, 0.2) is 0 Å². The maximum absolute atomic E-state index is 12.2. The molecule has 0 aliphatic carbocycles. The number of ether oxygens (including phenoxy) is 1. The molecule has 5 nitrogen and oxygen atoms in total. The SMILES string of the molecule is CC1CN(CC(=O)N2CCC(=O)CC2)CC(C)(C)O1. The Bertz CT molecular complexity index is 358. The largest absolute Gasteiger partial charge is 0.370 e. The second-order valence-electron chi connectivity index (χ2n) is 6.28. The highest BCUT2D eigenvalue weighted by Crippen LogP contribution is 2.20. The van der Waals surface area contributed by atoms with Gasteiger partial charge in [0, 0.05) is 39.0 Å². The molecule has 0 bridgehead atoms. The molecule has 2 rings (SSSR count). The van der Waals surface area contributed by atoms with E-state index in [4.69, 9.17) is 4.74 Å². The Labute approximate surface area is 114 Å². The van der Waals surface area contributed by atoms with Gasteiger partial charge in [-0.3, -0.25) is 14.5 Å². The molecule has 0 radical (unpaired) electrons. The Kier molecular flexibility index (Phi) is 4.26. The molecule has 2 saturated heterocycles. The zero-order chi connectivity index (χ0) is 14.0. The number of amides is 1. The Morgan fingerprint density at radius 2 is 2.00 bits per heavy atom. The van der Waals surface area contributed by atoms with Gasteiger partial charge in [0.1, 0.15) is 5.78 Å². The highest BCUT2D eigenvalue weighted by Gasteiger charge is 2.33. The van der Waals surface area contributed by atoms with E-state index in [2.05, 4.69) is 18.7 Å². The van der Waals surface area contributed by atoms with Gasteiger partial charge in [-0.05, 0) is 20.8 Å². The number of piperidine rings is 1. The van der Waals surface area contributed by atoms with Crippen molar-refractivity contribution in [3.63, 3.8) is 0 Å². The summed E-state index contributed by atoms with van der Waals surface area (Å²) in [5, 5.41) is 0. The lowest BCUT2D eigenvalue weighted by Crippen LogP contribution is -2.55. The molecule has 1 unspecified atom stereocenters. The van der Waals surface area contributed by atoms with Crippen molar-refractivity contribution >= 4 is 11.7 Å². The van der Waals surface area contributed by atoms with E-state index in [1.54, 1.807) is 0 Å². The third-order valence-electron chi connectivity index (χ3n) is 3.67. The predicted molar refractivity (Wildman–Crippen MR) is 71.9 cm³/mol. The molecule has 1 atom stereocenters. The predicted octanol–water partition coefficient (Wildman–Crippen LogP) is 0.677. The molecule has 0 aromatic heterocycles. The number of Topliss-reactive ketones (excluding diaryl/α,β-unsaturated/α-hetero) is 1. The van der Waals surface area contributed by atoms with Crippen LogP contribution in [0, 0.1) is 0 Å². The van der Waals surface area contributed by atoms with E-state index in [1.165, 1.54) is 0 Å². The molecule has 2 aliphatic heterocycles.